The maximum absolute atomic E-state index is 10.1. The normalized spacial score (nSPS) is 15.6. The summed E-state index contributed by atoms with van der Waals surface area (Å²) < 4.78 is 10.9. The molecule has 2 N–H and O–H groups in total. The second-order valence-corrected chi connectivity index (χ2v) is 5.50. The summed E-state index contributed by atoms with van der Waals surface area (Å²) in [6.07, 6.45) is -0.605. The van der Waals surface area contributed by atoms with Gasteiger partial charge in [-0.25, -0.2) is 0 Å². The lowest BCUT2D eigenvalue weighted by atomic mass is 10.1. The van der Waals surface area contributed by atoms with Gasteiger partial charge in [-0.2, -0.15) is 0 Å². The molecule has 1 heterocycles. The van der Waals surface area contributed by atoms with Gasteiger partial charge in [0.05, 0.1) is 11.1 Å². The predicted molar refractivity (Wildman–Crippen MR) is 75.1 cm³/mol. The molecule has 0 saturated heterocycles. The first-order valence-corrected chi connectivity index (χ1v) is 6.93. The molecule has 0 fully saturated rings. The third-order valence-electron chi connectivity index (χ3n) is 2.89. The lowest BCUT2D eigenvalue weighted by Gasteiger charge is -2.22. The highest BCUT2D eigenvalue weighted by atomic mass is 35.5. The summed E-state index contributed by atoms with van der Waals surface area (Å²) >= 11 is 6.14. The number of nitrogens with one attached hydrogen (secondary N) is 1. The number of aliphatic hydroxyl groups excluding tert-OH is 1. The molecule has 0 radical (unpaired) electrons. The van der Waals surface area contributed by atoms with Crippen molar-refractivity contribution in [2.45, 2.75) is 20.0 Å². The molecule has 4 nitrogen and oxygen atoms in total. The van der Waals surface area contributed by atoms with E-state index in [-0.39, 0.29) is 0 Å². The number of hydrogen-bond donors (Lipinski definition) is 2. The molecule has 0 amide bonds. The van der Waals surface area contributed by atoms with Crippen molar-refractivity contribution in [3.05, 3.63) is 22.7 Å². The Morgan fingerprint density at radius 1 is 1.26 bits per heavy atom. The van der Waals surface area contributed by atoms with Crippen molar-refractivity contribution in [3.63, 3.8) is 0 Å². The van der Waals surface area contributed by atoms with Crippen LogP contribution >= 0.6 is 11.6 Å². The predicted octanol–water partition coefficient (Wildman–Crippen LogP) is 2.39. The molecule has 1 atom stereocenters. The van der Waals surface area contributed by atoms with Gasteiger partial charge in [-0.3, -0.25) is 0 Å². The van der Waals surface area contributed by atoms with Crippen molar-refractivity contribution in [2.75, 3.05) is 26.3 Å². The smallest absolute Gasteiger partial charge is 0.179 e. The highest BCUT2D eigenvalue weighted by molar-refractivity contribution is 6.32. The highest BCUT2D eigenvalue weighted by Crippen LogP contribution is 2.39. The van der Waals surface area contributed by atoms with E-state index >= 15 is 0 Å². The molecule has 1 aromatic rings. The number of hydrogen-bond acceptors (Lipinski definition) is 4. The Labute approximate surface area is 118 Å². The van der Waals surface area contributed by atoms with Crippen LogP contribution in [0.5, 0.6) is 11.5 Å². The fourth-order valence-corrected chi connectivity index (χ4v) is 2.22. The largest absolute Gasteiger partial charge is 0.486 e. The first-order chi connectivity index (χ1) is 9.08. The molecule has 0 aliphatic carbocycles. The number of halogens is 1. The number of ether oxygens (including phenoxy) is 2. The van der Waals surface area contributed by atoms with Crippen LogP contribution in [0, 0.1) is 5.92 Å². The van der Waals surface area contributed by atoms with Crippen molar-refractivity contribution in [2.24, 2.45) is 5.92 Å². The lowest BCUT2D eigenvalue weighted by Crippen LogP contribution is -2.25. The summed E-state index contributed by atoms with van der Waals surface area (Å²) in [7, 11) is 0. The minimum atomic E-state index is -0.605. The Bertz CT molecular complexity index is 437. The summed E-state index contributed by atoms with van der Waals surface area (Å²) in [5.74, 6) is 1.73. The Hall–Kier alpha value is -0.970. The number of aliphatic hydroxyl groups is 1. The zero-order chi connectivity index (χ0) is 13.8. The van der Waals surface area contributed by atoms with E-state index in [2.05, 4.69) is 19.2 Å². The monoisotopic (exact) mass is 285 g/mol. The van der Waals surface area contributed by atoms with Crippen LogP contribution in [0.3, 0.4) is 0 Å². The van der Waals surface area contributed by atoms with Crippen molar-refractivity contribution >= 4 is 11.6 Å². The van der Waals surface area contributed by atoms with E-state index in [1.165, 1.54) is 0 Å². The third-order valence-corrected chi connectivity index (χ3v) is 3.17. The van der Waals surface area contributed by atoms with Gasteiger partial charge >= 0.3 is 0 Å². The standard InChI is InChI=1S/C14H20ClNO3/c1-9(2)7-16-8-12(17)10-5-11(15)14-13(6-10)18-3-4-19-14/h5-6,9,12,16-17H,3-4,7-8H2,1-2H3/t12-/m0/s1. The maximum atomic E-state index is 10.1. The van der Waals surface area contributed by atoms with Crippen molar-refractivity contribution in [1.82, 2.24) is 5.32 Å². The minimum absolute atomic E-state index is 0.482. The molecule has 0 spiro atoms. The van der Waals surface area contributed by atoms with Crippen molar-refractivity contribution in [3.8, 4) is 11.5 Å². The fourth-order valence-electron chi connectivity index (χ4n) is 1.95. The van der Waals surface area contributed by atoms with E-state index in [0.717, 1.165) is 12.1 Å². The number of benzene rings is 1. The quantitative estimate of drug-likeness (QED) is 0.872. The first-order valence-electron chi connectivity index (χ1n) is 6.55. The van der Waals surface area contributed by atoms with Gasteiger partial charge in [0.1, 0.15) is 13.2 Å². The SMILES string of the molecule is CC(C)CNC[C@H](O)c1cc(Cl)c2c(c1)OCCO2. The van der Waals surface area contributed by atoms with E-state index in [9.17, 15) is 5.11 Å². The molecular formula is C14H20ClNO3. The molecule has 0 aromatic heterocycles. The molecule has 5 heteroatoms. The van der Waals surface area contributed by atoms with E-state index < -0.39 is 6.10 Å². The first kappa shape index (κ1) is 14.4. The van der Waals surface area contributed by atoms with Gasteiger partial charge in [0.2, 0.25) is 0 Å². The summed E-state index contributed by atoms with van der Waals surface area (Å²) in [4.78, 5) is 0. The second kappa shape index (κ2) is 6.46. The minimum Gasteiger partial charge on any atom is -0.486 e. The Morgan fingerprint density at radius 2 is 2.00 bits per heavy atom. The lowest BCUT2D eigenvalue weighted by molar-refractivity contribution is 0.163. The zero-order valence-electron chi connectivity index (χ0n) is 11.3. The molecule has 0 saturated carbocycles. The van der Waals surface area contributed by atoms with Crippen LogP contribution in [-0.2, 0) is 0 Å². The molecule has 2 rings (SSSR count). The molecule has 19 heavy (non-hydrogen) atoms. The van der Waals surface area contributed by atoms with E-state index in [1.807, 2.05) is 0 Å². The van der Waals surface area contributed by atoms with Crippen LogP contribution in [0.4, 0.5) is 0 Å². The van der Waals surface area contributed by atoms with Crippen molar-refractivity contribution < 1.29 is 14.6 Å². The average Bonchev–Trinajstić information content (AvgIpc) is 2.38. The topological polar surface area (TPSA) is 50.7 Å². The third kappa shape index (κ3) is 3.75. The van der Waals surface area contributed by atoms with Gasteiger partial charge in [-0.15, -0.1) is 0 Å². The van der Waals surface area contributed by atoms with Crippen LogP contribution in [0.2, 0.25) is 5.02 Å². The highest BCUT2D eigenvalue weighted by Gasteiger charge is 2.19. The molecule has 0 bridgehead atoms. The fraction of sp³-hybridized carbons (Fsp3) is 0.571. The van der Waals surface area contributed by atoms with Crippen molar-refractivity contribution in [1.29, 1.82) is 0 Å². The summed E-state index contributed by atoms with van der Waals surface area (Å²) in [5, 5.41) is 13.8. The zero-order valence-corrected chi connectivity index (χ0v) is 12.0. The van der Waals surface area contributed by atoms with E-state index in [1.54, 1.807) is 12.1 Å². The molecule has 0 unspecified atom stereocenters. The molecule has 106 valence electrons. The summed E-state index contributed by atoms with van der Waals surface area (Å²) in [5.41, 5.74) is 0.741. The Balaban J connectivity index is 2.05. The second-order valence-electron chi connectivity index (χ2n) is 5.09. The van der Waals surface area contributed by atoms with Gasteiger partial charge < -0.3 is 19.9 Å². The van der Waals surface area contributed by atoms with Gasteiger partial charge in [0.25, 0.3) is 0 Å². The van der Waals surface area contributed by atoms with Crippen LogP contribution in [0.15, 0.2) is 12.1 Å². The van der Waals surface area contributed by atoms with Gasteiger partial charge in [-0.05, 0) is 30.2 Å². The molecule has 1 aliphatic heterocycles. The van der Waals surface area contributed by atoms with E-state index in [0.29, 0.717) is 42.2 Å². The molecule has 1 aromatic carbocycles. The molecular weight excluding hydrogens is 266 g/mol. The van der Waals surface area contributed by atoms with Gasteiger partial charge in [0, 0.05) is 6.54 Å². The Morgan fingerprint density at radius 3 is 2.74 bits per heavy atom. The van der Waals surface area contributed by atoms with Crippen LogP contribution in [0.1, 0.15) is 25.5 Å². The maximum Gasteiger partial charge on any atom is 0.179 e. The Kier molecular flexibility index (Phi) is 4.91. The van der Waals surface area contributed by atoms with Crippen LogP contribution in [-0.4, -0.2) is 31.4 Å². The van der Waals surface area contributed by atoms with Gasteiger partial charge in [-0.1, -0.05) is 25.4 Å². The van der Waals surface area contributed by atoms with Crippen LogP contribution in [0.25, 0.3) is 0 Å². The average molecular weight is 286 g/mol. The summed E-state index contributed by atoms with van der Waals surface area (Å²) in [6, 6.07) is 3.53. The van der Waals surface area contributed by atoms with Crippen LogP contribution < -0.4 is 14.8 Å². The molecule has 1 aliphatic rings. The summed E-state index contributed by atoms with van der Waals surface area (Å²) in [6.45, 7) is 6.63. The number of rotatable bonds is 5. The van der Waals surface area contributed by atoms with Gasteiger partial charge in [0.15, 0.2) is 11.5 Å². The number of fused-ring (bicyclic) bond motifs is 1. The van der Waals surface area contributed by atoms with E-state index in [4.69, 9.17) is 21.1 Å².